The lowest BCUT2D eigenvalue weighted by Gasteiger charge is -2.30. The van der Waals surface area contributed by atoms with Gasteiger partial charge in [0, 0.05) is 25.0 Å². The van der Waals surface area contributed by atoms with Crippen molar-refractivity contribution < 1.29 is 0 Å². The summed E-state index contributed by atoms with van der Waals surface area (Å²) in [5, 5.41) is 3.68. The van der Waals surface area contributed by atoms with Gasteiger partial charge >= 0.3 is 0 Å². The van der Waals surface area contributed by atoms with E-state index in [0.717, 1.165) is 24.8 Å². The zero-order chi connectivity index (χ0) is 12.8. The van der Waals surface area contributed by atoms with Gasteiger partial charge in [0.15, 0.2) is 0 Å². The molecular formula is C15H27N3. The van der Waals surface area contributed by atoms with E-state index in [1.54, 1.807) is 0 Å². The highest BCUT2D eigenvalue weighted by molar-refractivity contribution is 5.28. The number of anilines is 1. The summed E-state index contributed by atoms with van der Waals surface area (Å²) in [6, 6.07) is 0.600. The molecule has 1 aliphatic carbocycles. The van der Waals surface area contributed by atoms with Crippen LogP contribution < -0.4 is 5.32 Å². The summed E-state index contributed by atoms with van der Waals surface area (Å²) < 4.78 is 2.24. The highest BCUT2D eigenvalue weighted by atomic mass is 15.2. The maximum absolute atomic E-state index is 4.47. The first-order valence-electron chi connectivity index (χ1n) is 7.62. The second-order valence-electron chi connectivity index (χ2n) is 5.50. The monoisotopic (exact) mass is 249 g/mol. The first-order valence-corrected chi connectivity index (χ1v) is 7.62. The van der Waals surface area contributed by atoms with Crippen molar-refractivity contribution in [1.29, 1.82) is 0 Å². The van der Waals surface area contributed by atoms with Gasteiger partial charge in [-0.05, 0) is 31.6 Å². The summed E-state index contributed by atoms with van der Waals surface area (Å²) in [6.45, 7) is 5.56. The van der Waals surface area contributed by atoms with Gasteiger partial charge < -0.3 is 9.88 Å². The Morgan fingerprint density at radius 2 is 2.11 bits per heavy atom. The number of nitrogens with zero attached hydrogens (tertiary/aromatic N) is 2. The number of hydrogen-bond donors (Lipinski definition) is 1. The van der Waals surface area contributed by atoms with Crippen LogP contribution in [-0.4, -0.2) is 15.6 Å². The first kappa shape index (κ1) is 13.4. The molecule has 1 unspecified atom stereocenters. The van der Waals surface area contributed by atoms with E-state index < -0.39 is 0 Å². The highest BCUT2D eigenvalue weighted by Crippen LogP contribution is 2.29. The van der Waals surface area contributed by atoms with E-state index in [2.05, 4.69) is 34.9 Å². The Morgan fingerprint density at radius 3 is 2.78 bits per heavy atom. The summed E-state index contributed by atoms with van der Waals surface area (Å²) in [7, 11) is 0. The fourth-order valence-corrected chi connectivity index (χ4v) is 3.13. The first-order chi connectivity index (χ1) is 8.85. The Hall–Kier alpha value is -0.990. The standard InChI is InChI=1S/C15H27N3/c1-3-11-18-12-10-16-15(18)17-14(4-2)13-8-6-5-7-9-13/h10,12-14H,3-9,11H2,1-2H3,(H,16,17). The van der Waals surface area contributed by atoms with Crippen LogP contribution in [-0.2, 0) is 6.54 Å². The van der Waals surface area contributed by atoms with E-state index in [9.17, 15) is 0 Å². The van der Waals surface area contributed by atoms with Gasteiger partial charge in [-0.25, -0.2) is 4.98 Å². The van der Waals surface area contributed by atoms with Gasteiger partial charge in [0.2, 0.25) is 5.95 Å². The smallest absolute Gasteiger partial charge is 0.202 e. The molecule has 1 saturated carbocycles. The SMILES string of the molecule is CCCn1ccnc1NC(CC)C1CCCCC1. The molecule has 0 amide bonds. The number of nitrogens with one attached hydrogen (secondary N) is 1. The van der Waals surface area contributed by atoms with Crippen LogP contribution in [0.25, 0.3) is 0 Å². The van der Waals surface area contributed by atoms with Crippen molar-refractivity contribution in [2.45, 2.75) is 71.4 Å². The Labute approximate surface area is 111 Å². The lowest BCUT2D eigenvalue weighted by atomic mass is 9.83. The highest BCUT2D eigenvalue weighted by Gasteiger charge is 2.23. The Kier molecular flexibility index (Phi) is 5.09. The molecule has 0 spiro atoms. The molecule has 18 heavy (non-hydrogen) atoms. The molecule has 0 bridgehead atoms. The summed E-state index contributed by atoms with van der Waals surface area (Å²) in [5.41, 5.74) is 0. The summed E-state index contributed by atoms with van der Waals surface area (Å²) in [5.74, 6) is 1.91. The van der Waals surface area contributed by atoms with E-state index in [1.807, 2.05) is 6.20 Å². The van der Waals surface area contributed by atoms with Gasteiger partial charge in [0.1, 0.15) is 0 Å². The minimum Gasteiger partial charge on any atom is -0.353 e. The Balaban J connectivity index is 1.98. The van der Waals surface area contributed by atoms with E-state index in [0.29, 0.717) is 6.04 Å². The lowest BCUT2D eigenvalue weighted by molar-refractivity contribution is 0.311. The molecule has 0 radical (unpaired) electrons. The van der Waals surface area contributed by atoms with Gasteiger partial charge in [-0.1, -0.05) is 33.1 Å². The van der Waals surface area contributed by atoms with Crippen LogP contribution in [0.1, 0.15) is 58.8 Å². The lowest BCUT2D eigenvalue weighted by Crippen LogP contribution is -2.31. The average Bonchev–Trinajstić information content (AvgIpc) is 2.85. The number of imidazole rings is 1. The van der Waals surface area contributed by atoms with Crippen molar-refractivity contribution in [2.75, 3.05) is 5.32 Å². The van der Waals surface area contributed by atoms with Crippen molar-refractivity contribution in [1.82, 2.24) is 9.55 Å². The molecule has 1 aromatic heterocycles. The fraction of sp³-hybridized carbons (Fsp3) is 0.800. The molecule has 3 heteroatoms. The maximum atomic E-state index is 4.47. The summed E-state index contributed by atoms with van der Waals surface area (Å²) >= 11 is 0. The van der Waals surface area contributed by atoms with Gasteiger partial charge in [-0.3, -0.25) is 0 Å². The third-order valence-electron chi connectivity index (χ3n) is 4.15. The van der Waals surface area contributed by atoms with Gasteiger partial charge in [-0.2, -0.15) is 0 Å². The zero-order valence-electron chi connectivity index (χ0n) is 11.9. The van der Waals surface area contributed by atoms with Crippen LogP contribution in [0.2, 0.25) is 0 Å². The van der Waals surface area contributed by atoms with Crippen molar-refractivity contribution >= 4 is 5.95 Å². The van der Waals surface area contributed by atoms with Gasteiger partial charge in [-0.15, -0.1) is 0 Å². The molecule has 1 N–H and O–H groups in total. The molecule has 3 nitrogen and oxygen atoms in total. The molecule has 2 rings (SSSR count). The summed E-state index contributed by atoms with van der Waals surface area (Å²) in [4.78, 5) is 4.47. The van der Waals surface area contributed by atoms with E-state index in [1.165, 1.54) is 38.5 Å². The van der Waals surface area contributed by atoms with Crippen LogP contribution in [0, 0.1) is 5.92 Å². The predicted octanol–water partition coefficient (Wildman–Crippen LogP) is 4.06. The Morgan fingerprint density at radius 1 is 1.33 bits per heavy atom. The molecular weight excluding hydrogens is 222 g/mol. The van der Waals surface area contributed by atoms with E-state index in [-0.39, 0.29) is 0 Å². The second kappa shape index (κ2) is 6.81. The minimum absolute atomic E-state index is 0.600. The Bertz CT molecular complexity index is 339. The third-order valence-corrected chi connectivity index (χ3v) is 4.15. The largest absolute Gasteiger partial charge is 0.353 e. The van der Waals surface area contributed by atoms with Crippen LogP contribution >= 0.6 is 0 Å². The zero-order valence-corrected chi connectivity index (χ0v) is 11.9. The molecule has 0 saturated heterocycles. The van der Waals surface area contributed by atoms with Crippen molar-refractivity contribution in [3.05, 3.63) is 12.4 Å². The molecule has 1 fully saturated rings. The minimum atomic E-state index is 0.600. The quantitative estimate of drug-likeness (QED) is 0.824. The van der Waals surface area contributed by atoms with Crippen LogP contribution in [0.5, 0.6) is 0 Å². The van der Waals surface area contributed by atoms with Crippen LogP contribution in [0.3, 0.4) is 0 Å². The van der Waals surface area contributed by atoms with Gasteiger partial charge in [0.05, 0.1) is 0 Å². The molecule has 1 aliphatic rings. The fourth-order valence-electron chi connectivity index (χ4n) is 3.13. The van der Waals surface area contributed by atoms with Crippen molar-refractivity contribution in [3.8, 4) is 0 Å². The van der Waals surface area contributed by atoms with Crippen LogP contribution in [0.4, 0.5) is 5.95 Å². The van der Waals surface area contributed by atoms with Gasteiger partial charge in [0.25, 0.3) is 0 Å². The third kappa shape index (κ3) is 3.27. The summed E-state index contributed by atoms with van der Waals surface area (Å²) in [6.07, 6.45) is 13.4. The number of rotatable bonds is 6. The number of aryl methyl sites for hydroxylation is 1. The van der Waals surface area contributed by atoms with E-state index in [4.69, 9.17) is 0 Å². The van der Waals surface area contributed by atoms with E-state index >= 15 is 0 Å². The van der Waals surface area contributed by atoms with Crippen molar-refractivity contribution in [3.63, 3.8) is 0 Å². The topological polar surface area (TPSA) is 29.9 Å². The van der Waals surface area contributed by atoms with Crippen LogP contribution in [0.15, 0.2) is 12.4 Å². The molecule has 0 aliphatic heterocycles. The normalized spacial score (nSPS) is 18.8. The molecule has 1 heterocycles. The number of hydrogen-bond acceptors (Lipinski definition) is 2. The molecule has 102 valence electrons. The predicted molar refractivity (Wildman–Crippen MR) is 76.8 cm³/mol. The van der Waals surface area contributed by atoms with Crippen molar-refractivity contribution in [2.24, 2.45) is 5.92 Å². The second-order valence-corrected chi connectivity index (χ2v) is 5.50. The number of aromatic nitrogens is 2. The average molecular weight is 249 g/mol. The molecule has 1 aromatic rings. The maximum Gasteiger partial charge on any atom is 0.202 e. The molecule has 1 atom stereocenters. The molecule has 0 aromatic carbocycles.